The number of hydrogen-bond acceptors (Lipinski definition) is 3. The first kappa shape index (κ1) is 9.65. The maximum Gasteiger partial charge on any atom is 0.299 e. The van der Waals surface area contributed by atoms with Gasteiger partial charge in [-0.25, -0.2) is 0 Å². The molecule has 0 N–H and O–H groups in total. The van der Waals surface area contributed by atoms with Crippen molar-refractivity contribution in [2.45, 2.75) is 11.8 Å². The van der Waals surface area contributed by atoms with Crippen molar-refractivity contribution in [1.29, 1.82) is 0 Å². The van der Waals surface area contributed by atoms with Gasteiger partial charge in [-0.3, -0.25) is 3.97 Å². The molecule has 3 nitrogen and oxygen atoms in total. The minimum atomic E-state index is -3.55. The zero-order chi connectivity index (χ0) is 9.19. The topological polar surface area (TPSA) is 43.4 Å². The van der Waals surface area contributed by atoms with Gasteiger partial charge in [-0.05, 0) is 19.1 Å². The standard InChI is InChI=1S/C7H9O3PS/c1-6-2-4-7(5-3-6)12(8,9)10-11/h2-5H,11H2,1H3. The average Bonchev–Trinajstić information content (AvgIpc) is 2.05. The van der Waals surface area contributed by atoms with Crippen LogP contribution in [-0.4, -0.2) is 8.42 Å². The van der Waals surface area contributed by atoms with Crippen LogP contribution in [0.25, 0.3) is 0 Å². The zero-order valence-corrected chi connectivity index (χ0v) is 8.49. The molecular weight excluding hydrogens is 195 g/mol. The van der Waals surface area contributed by atoms with Gasteiger partial charge in [0.1, 0.15) is 0 Å². The van der Waals surface area contributed by atoms with E-state index in [-0.39, 0.29) is 4.90 Å². The van der Waals surface area contributed by atoms with Crippen LogP contribution >= 0.6 is 9.47 Å². The first-order valence-corrected chi connectivity index (χ1v) is 5.14. The van der Waals surface area contributed by atoms with Crippen molar-refractivity contribution in [2.24, 2.45) is 0 Å². The molecule has 0 bridgehead atoms. The summed E-state index contributed by atoms with van der Waals surface area (Å²) in [5.41, 5.74) is 1.01. The molecule has 0 aromatic heterocycles. The van der Waals surface area contributed by atoms with Crippen molar-refractivity contribution in [3.63, 3.8) is 0 Å². The highest BCUT2D eigenvalue weighted by molar-refractivity contribution is 7.88. The molecule has 1 aromatic carbocycles. The van der Waals surface area contributed by atoms with Crippen LogP contribution in [-0.2, 0) is 14.1 Å². The largest absolute Gasteiger partial charge is 0.299 e. The van der Waals surface area contributed by atoms with Crippen molar-refractivity contribution in [2.75, 3.05) is 0 Å². The van der Waals surface area contributed by atoms with Crippen LogP contribution < -0.4 is 0 Å². The van der Waals surface area contributed by atoms with E-state index in [0.717, 1.165) is 5.56 Å². The van der Waals surface area contributed by atoms with Crippen molar-refractivity contribution in [3.8, 4) is 0 Å². The lowest BCUT2D eigenvalue weighted by Gasteiger charge is -2.00. The van der Waals surface area contributed by atoms with Gasteiger partial charge in [0.15, 0.2) is 0 Å². The molecule has 1 rings (SSSR count). The third-order valence-corrected chi connectivity index (χ3v) is 3.30. The molecule has 12 heavy (non-hydrogen) atoms. The Balaban J connectivity index is 3.14. The first-order chi connectivity index (χ1) is 5.56. The van der Waals surface area contributed by atoms with Gasteiger partial charge in [0.25, 0.3) is 10.1 Å². The van der Waals surface area contributed by atoms with Crippen LogP contribution in [0.5, 0.6) is 0 Å². The maximum atomic E-state index is 11.1. The Morgan fingerprint density at radius 3 is 2.17 bits per heavy atom. The Kier molecular flexibility index (Phi) is 2.83. The van der Waals surface area contributed by atoms with E-state index in [0.29, 0.717) is 0 Å². The minimum absolute atomic E-state index is 0.170. The lowest BCUT2D eigenvalue weighted by molar-refractivity contribution is 0.517. The molecule has 66 valence electrons. The molecule has 1 aromatic rings. The Labute approximate surface area is 74.2 Å². The molecular formula is C7H9O3PS. The van der Waals surface area contributed by atoms with E-state index in [4.69, 9.17) is 0 Å². The molecule has 0 aliphatic heterocycles. The third kappa shape index (κ3) is 2.03. The Hall–Kier alpha value is -0.440. The fourth-order valence-corrected chi connectivity index (χ4v) is 1.67. The molecule has 1 atom stereocenters. The van der Waals surface area contributed by atoms with Crippen molar-refractivity contribution in [3.05, 3.63) is 29.8 Å². The van der Waals surface area contributed by atoms with Crippen LogP contribution in [0.4, 0.5) is 0 Å². The van der Waals surface area contributed by atoms with E-state index in [1.807, 2.05) is 6.92 Å². The molecule has 0 aliphatic carbocycles. The maximum absolute atomic E-state index is 11.1. The lowest BCUT2D eigenvalue weighted by atomic mass is 10.2. The summed E-state index contributed by atoms with van der Waals surface area (Å²) in [6, 6.07) is 6.45. The Bertz CT molecular complexity index is 355. The molecule has 0 saturated carbocycles. The van der Waals surface area contributed by atoms with E-state index in [2.05, 4.69) is 3.97 Å². The molecule has 0 fully saturated rings. The summed E-state index contributed by atoms with van der Waals surface area (Å²) in [5, 5.41) is 0. The monoisotopic (exact) mass is 204 g/mol. The van der Waals surface area contributed by atoms with Gasteiger partial charge in [-0.1, -0.05) is 17.7 Å². The average molecular weight is 204 g/mol. The van der Waals surface area contributed by atoms with E-state index in [1.165, 1.54) is 12.1 Å². The highest BCUT2D eigenvalue weighted by Crippen LogP contribution is 2.14. The summed E-state index contributed by atoms with van der Waals surface area (Å²) in [6.45, 7) is 1.89. The smallest absolute Gasteiger partial charge is 0.251 e. The molecule has 0 saturated heterocycles. The van der Waals surface area contributed by atoms with Gasteiger partial charge in [0.2, 0.25) is 0 Å². The summed E-state index contributed by atoms with van der Waals surface area (Å²) in [6.07, 6.45) is 0. The number of rotatable bonds is 2. The van der Waals surface area contributed by atoms with Gasteiger partial charge in [0, 0.05) is 9.47 Å². The molecule has 0 heterocycles. The minimum Gasteiger partial charge on any atom is -0.251 e. The van der Waals surface area contributed by atoms with E-state index >= 15 is 0 Å². The van der Waals surface area contributed by atoms with Crippen molar-refractivity contribution in [1.82, 2.24) is 0 Å². The lowest BCUT2D eigenvalue weighted by Crippen LogP contribution is -1.98. The second-order valence-corrected chi connectivity index (χ2v) is 4.51. The van der Waals surface area contributed by atoms with E-state index in [9.17, 15) is 8.42 Å². The normalized spacial score (nSPS) is 11.5. The zero-order valence-electron chi connectivity index (χ0n) is 6.52. The molecule has 0 radical (unpaired) electrons. The molecule has 0 spiro atoms. The van der Waals surface area contributed by atoms with E-state index < -0.39 is 10.1 Å². The van der Waals surface area contributed by atoms with Crippen LogP contribution in [0.3, 0.4) is 0 Å². The van der Waals surface area contributed by atoms with Crippen LogP contribution in [0, 0.1) is 6.92 Å². The molecule has 0 aliphatic rings. The highest BCUT2D eigenvalue weighted by atomic mass is 32.2. The summed E-state index contributed by atoms with van der Waals surface area (Å²) < 4.78 is 26.4. The summed E-state index contributed by atoms with van der Waals surface area (Å²) in [7, 11) is -1.83. The second kappa shape index (κ2) is 3.52. The van der Waals surface area contributed by atoms with Gasteiger partial charge in [0.05, 0.1) is 4.90 Å². The van der Waals surface area contributed by atoms with Crippen LogP contribution in [0.2, 0.25) is 0 Å². The number of hydrogen-bond donors (Lipinski definition) is 0. The quantitative estimate of drug-likeness (QED) is 0.685. The van der Waals surface area contributed by atoms with E-state index in [1.54, 1.807) is 21.6 Å². The first-order valence-electron chi connectivity index (χ1n) is 3.26. The summed E-state index contributed by atoms with van der Waals surface area (Å²) in [4.78, 5) is 0.170. The van der Waals surface area contributed by atoms with Crippen molar-refractivity contribution >= 4 is 19.6 Å². The fourth-order valence-electron chi connectivity index (χ4n) is 0.760. The summed E-state index contributed by atoms with van der Waals surface area (Å²) >= 11 is 0. The van der Waals surface area contributed by atoms with Gasteiger partial charge in [-0.15, -0.1) is 0 Å². The van der Waals surface area contributed by atoms with Gasteiger partial charge < -0.3 is 0 Å². The predicted molar refractivity (Wildman–Crippen MR) is 49.2 cm³/mol. The number of aryl methyl sites for hydroxylation is 1. The SMILES string of the molecule is Cc1ccc(S(=O)(=O)OP)cc1. The van der Waals surface area contributed by atoms with Gasteiger partial charge >= 0.3 is 0 Å². The predicted octanol–water partition coefficient (Wildman–Crippen LogP) is 1.49. The second-order valence-electron chi connectivity index (χ2n) is 2.36. The van der Waals surface area contributed by atoms with Crippen molar-refractivity contribution < 1.29 is 12.4 Å². The van der Waals surface area contributed by atoms with Crippen LogP contribution in [0.1, 0.15) is 5.56 Å². The van der Waals surface area contributed by atoms with Gasteiger partial charge in [-0.2, -0.15) is 8.42 Å². The Morgan fingerprint density at radius 2 is 1.75 bits per heavy atom. The summed E-state index contributed by atoms with van der Waals surface area (Å²) in [5.74, 6) is 0. The number of benzene rings is 1. The fraction of sp³-hybridized carbons (Fsp3) is 0.143. The highest BCUT2D eigenvalue weighted by Gasteiger charge is 2.11. The molecule has 0 amide bonds. The third-order valence-electron chi connectivity index (χ3n) is 1.44. The molecule has 1 unspecified atom stereocenters. The Morgan fingerprint density at radius 1 is 1.25 bits per heavy atom. The molecule has 5 heteroatoms. The van der Waals surface area contributed by atoms with Crippen LogP contribution in [0.15, 0.2) is 29.2 Å².